The first-order valence-electron chi connectivity index (χ1n) is 9.08. The molecule has 5 rings (SSSR count). The molecule has 0 aliphatic carbocycles. The first-order valence-corrected chi connectivity index (χ1v) is 13.4. The van der Waals surface area contributed by atoms with E-state index in [1.54, 1.807) is 46.8 Å². The summed E-state index contributed by atoms with van der Waals surface area (Å²) in [4.78, 5) is 33.3. The maximum absolute atomic E-state index is 12.5. The number of hydrogen-bond acceptors (Lipinski definition) is 4. The summed E-state index contributed by atoms with van der Waals surface area (Å²) in [6.07, 6.45) is 1.66. The summed E-state index contributed by atoms with van der Waals surface area (Å²) >= 11 is 2.70. The fourth-order valence-electron chi connectivity index (χ4n) is 3.33. The molecule has 1 radical (unpaired) electrons. The molecule has 147 valence electrons. The van der Waals surface area contributed by atoms with E-state index in [0.29, 0.717) is 3.88 Å². The van der Waals surface area contributed by atoms with Gasteiger partial charge < -0.3 is 0 Å². The third-order valence-electron chi connectivity index (χ3n) is 4.80. The Morgan fingerprint density at radius 2 is 1.60 bits per heavy atom. The van der Waals surface area contributed by atoms with Crippen LogP contribution >= 0.6 is 11.3 Å². The molecular formula is C22H14N3O2STe2. The number of carbonyl (C=O) groups is 2. The number of likely N-dealkylation sites (N-methyl/N-ethyl adjacent to an activating group) is 1. The van der Waals surface area contributed by atoms with Gasteiger partial charge in [0.05, 0.1) is 0 Å². The Labute approximate surface area is 201 Å². The Kier molecular flexibility index (Phi) is 5.31. The molecule has 0 unspecified atom stereocenters. The summed E-state index contributed by atoms with van der Waals surface area (Å²) < 4.78 is 3.23. The molecule has 0 fully saturated rings. The van der Waals surface area contributed by atoms with Gasteiger partial charge in [-0.3, -0.25) is 0 Å². The van der Waals surface area contributed by atoms with E-state index < -0.39 is 26.8 Å². The van der Waals surface area contributed by atoms with Gasteiger partial charge in [0, 0.05) is 0 Å². The number of aliphatic imine (C=N–C) groups is 1. The summed E-state index contributed by atoms with van der Waals surface area (Å²) in [5, 5.41) is 1.05. The van der Waals surface area contributed by atoms with Gasteiger partial charge in [0.15, 0.2) is 0 Å². The summed E-state index contributed by atoms with van der Waals surface area (Å²) in [6, 6.07) is 21.1. The average Bonchev–Trinajstić information content (AvgIpc) is 3.21. The standard InChI is InChI=1S/C22H14N3O2STe2/c1-24-21(27)14(20(26)23-22(24)29)12-13-10-11-19(28-13)25-15-6-2-4-8-17(15)30-18-9-5-3-7-16(18)25/h2-12H,1H3/b14-12+. The van der Waals surface area contributed by atoms with Crippen molar-refractivity contribution in [2.24, 2.45) is 4.99 Å². The van der Waals surface area contributed by atoms with Gasteiger partial charge in [0.1, 0.15) is 0 Å². The number of nitrogens with zero attached hydrogens (tertiary/aromatic N) is 3. The Morgan fingerprint density at radius 3 is 2.27 bits per heavy atom. The molecule has 0 saturated carbocycles. The maximum atomic E-state index is 12.5. The first kappa shape index (κ1) is 20.0. The number of anilines is 3. The molecule has 0 N–H and O–H groups in total. The molecule has 30 heavy (non-hydrogen) atoms. The van der Waals surface area contributed by atoms with Gasteiger partial charge in [-0.2, -0.15) is 0 Å². The van der Waals surface area contributed by atoms with Gasteiger partial charge in [-0.1, -0.05) is 0 Å². The van der Waals surface area contributed by atoms with Crippen LogP contribution in [-0.4, -0.2) is 70.9 Å². The molecule has 8 heteroatoms. The molecule has 2 aliphatic rings. The third-order valence-corrected chi connectivity index (χ3v) is 10.1. The zero-order chi connectivity index (χ0) is 20.8. The van der Waals surface area contributed by atoms with E-state index in [2.05, 4.69) is 58.4 Å². The van der Waals surface area contributed by atoms with E-state index in [4.69, 9.17) is 0 Å². The van der Waals surface area contributed by atoms with Crippen molar-refractivity contribution in [2.45, 2.75) is 0 Å². The van der Waals surface area contributed by atoms with E-state index in [9.17, 15) is 9.59 Å². The number of thiophene rings is 1. The number of hydrogen-bond donors (Lipinski definition) is 0. The summed E-state index contributed by atoms with van der Waals surface area (Å²) in [6.45, 7) is 0. The van der Waals surface area contributed by atoms with Gasteiger partial charge in [0.2, 0.25) is 0 Å². The molecule has 2 aliphatic heterocycles. The number of amidine groups is 1. The van der Waals surface area contributed by atoms with Crippen LogP contribution in [0, 0.1) is 0 Å². The van der Waals surface area contributed by atoms with Crippen molar-refractivity contribution >= 4 is 99.9 Å². The quantitative estimate of drug-likeness (QED) is 0.192. The molecule has 3 heterocycles. The summed E-state index contributed by atoms with van der Waals surface area (Å²) in [5.74, 6) is -0.794. The van der Waals surface area contributed by atoms with Crippen LogP contribution in [0.15, 0.2) is 71.2 Å². The second-order valence-electron chi connectivity index (χ2n) is 6.67. The molecule has 2 aromatic carbocycles. The van der Waals surface area contributed by atoms with Crippen LogP contribution < -0.4 is 12.1 Å². The third kappa shape index (κ3) is 3.43. The normalized spacial score (nSPS) is 17.1. The Balaban J connectivity index is 1.57. The van der Waals surface area contributed by atoms with Gasteiger partial charge in [-0.15, -0.1) is 0 Å². The minimum atomic E-state index is -0.479. The molecule has 0 spiro atoms. The van der Waals surface area contributed by atoms with Gasteiger partial charge in [0.25, 0.3) is 0 Å². The van der Waals surface area contributed by atoms with Crippen LogP contribution in [0.5, 0.6) is 0 Å². The zero-order valence-electron chi connectivity index (χ0n) is 15.7. The van der Waals surface area contributed by atoms with Gasteiger partial charge >= 0.3 is 202 Å². The van der Waals surface area contributed by atoms with E-state index in [0.717, 1.165) is 9.88 Å². The van der Waals surface area contributed by atoms with Crippen LogP contribution in [0.3, 0.4) is 0 Å². The summed E-state index contributed by atoms with van der Waals surface area (Å²) in [5.41, 5.74) is 2.53. The molecule has 0 bridgehead atoms. The minimum absolute atomic E-state index is 0.101. The number of amides is 2. The second-order valence-corrected chi connectivity index (χ2v) is 11.9. The van der Waals surface area contributed by atoms with E-state index in [1.165, 1.54) is 23.5 Å². The van der Waals surface area contributed by atoms with Crippen molar-refractivity contribution in [2.75, 3.05) is 11.9 Å². The SMILES string of the molecule is CN1C(=O)/C(=C/c2ccc(N3c4ccccc4[Te]c4ccccc43)s2)C(=O)N=C1[Te]. The van der Waals surface area contributed by atoms with Crippen LogP contribution in [0.4, 0.5) is 16.4 Å². The molecule has 1 aromatic heterocycles. The fraction of sp³-hybridized carbons (Fsp3) is 0.0455. The number of carbonyl (C=O) groups excluding carboxylic acids is 2. The van der Waals surface area contributed by atoms with Crippen LogP contribution in [-0.2, 0) is 9.59 Å². The van der Waals surface area contributed by atoms with Crippen molar-refractivity contribution in [3.05, 3.63) is 71.1 Å². The molecule has 0 atom stereocenters. The molecule has 5 nitrogen and oxygen atoms in total. The number of para-hydroxylation sites is 2. The number of fused-ring (bicyclic) bond motifs is 2. The van der Waals surface area contributed by atoms with E-state index in [-0.39, 0.29) is 11.5 Å². The Bertz CT molecular complexity index is 1220. The second kappa shape index (κ2) is 7.96. The van der Waals surface area contributed by atoms with Crippen molar-refractivity contribution in [3.63, 3.8) is 0 Å². The first-order chi connectivity index (χ1) is 14.5. The van der Waals surface area contributed by atoms with Crippen molar-refractivity contribution in [3.8, 4) is 0 Å². The summed E-state index contributed by atoms with van der Waals surface area (Å²) in [7, 11) is 1.63. The van der Waals surface area contributed by atoms with Crippen molar-refractivity contribution in [1.29, 1.82) is 0 Å². The van der Waals surface area contributed by atoms with Gasteiger partial charge in [-0.05, 0) is 0 Å². The van der Waals surface area contributed by atoms with Crippen LogP contribution in [0.1, 0.15) is 4.88 Å². The fourth-order valence-corrected chi connectivity index (χ4v) is 7.80. The topological polar surface area (TPSA) is 53.0 Å². The predicted octanol–water partition coefficient (Wildman–Crippen LogP) is 2.09. The van der Waals surface area contributed by atoms with Crippen molar-refractivity contribution < 1.29 is 9.59 Å². The van der Waals surface area contributed by atoms with Crippen LogP contribution in [0.2, 0.25) is 0 Å². The molecule has 2 amide bonds. The predicted molar refractivity (Wildman–Crippen MR) is 123 cm³/mol. The Morgan fingerprint density at radius 1 is 0.967 bits per heavy atom. The molecule has 3 aromatic rings. The number of benzene rings is 2. The van der Waals surface area contributed by atoms with E-state index >= 15 is 0 Å². The number of rotatable bonds is 2. The van der Waals surface area contributed by atoms with Gasteiger partial charge in [-0.25, -0.2) is 0 Å². The van der Waals surface area contributed by atoms with E-state index in [1.807, 2.05) is 12.1 Å². The van der Waals surface area contributed by atoms with Crippen molar-refractivity contribution in [1.82, 2.24) is 4.90 Å². The molecular weight excluding hydrogens is 626 g/mol. The average molecular weight is 640 g/mol. The Hall–Kier alpha value is -1.93. The van der Waals surface area contributed by atoms with Crippen LogP contribution in [0.25, 0.3) is 6.08 Å². The molecule has 0 saturated heterocycles. The monoisotopic (exact) mass is 644 g/mol. The zero-order valence-corrected chi connectivity index (χ0v) is 21.2.